The molecule has 0 radical (unpaired) electrons. The molecule has 8 heteroatoms. The van der Waals surface area contributed by atoms with E-state index in [1.54, 1.807) is 67.2 Å². The van der Waals surface area contributed by atoms with Gasteiger partial charge in [-0.15, -0.1) is 12.4 Å². The van der Waals surface area contributed by atoms with Gasteiger partial charge in [0.25, 0.3) is 10.0 Å². The van der Waals surface area contributed by atoms with Gasteiger partial charge in [-0.1, -0.05) is 18.2 Å². The number of nitrogens with one attached hydrogen (secondary N) is 1. The van der Waals surface area contributed by atoms with Gasteiger partial charge in [0.15, 0.2) is 0 Å². The van der Waals surface area contributed by atoms with E-state index in [9.17, 15) is 8.42 Å². The molecule has 0 saturated heterocycles. The van der Waals surface area contributed by atoms with E-state index < -0.39 is 10.0 Å². The number of benzene rings is 2. The maximum atomic E-state index is 12.6. The molecule has 0 bridgehead atoms. The zero-order chi connectivity index (χ0) is 17.3. The molecular formula is C18H14ClN3O3S. The summed E-state index contributed by atoms with van der Waals surface area (Å²) < 4.78 is 33.3. The summed E-state index contributed by atoms with van der Waals surface area (Å²) in [5.41, 5.74) is 2.55. The number of hydrogen-bond donors (Lipinski definition) is 1. The maximum absolute atomic E-state index is 12.6. The number of furan rings is 1. The van der Waals surface area contributed by atoms with E-state index in [0.717, 1.165) is 10.9 Å². The van der Waals surface area contributed by atoms with E-state index in [2.05, 4.69) is 14.7 Å². The quantitative estimate of drug-likeness (QED) is 0.569. The number of anilines is 1. The van der Waals surface area contributed by atoms with Gasteiger partial charge in [-0.2, -0.15) is 0 Å². The maximum Gasteiger partial charge on any atom is 0.261 e. The molecule has 0 amide bonds. The number of sulfonamides is 1. The predicted molar refractivity (Wildman–Crippen MR) is 102 cm³/mol. The van der Waals surface area contributed by atoms with E-state index in [4.69, 9.17) is 4.42 Å². The van der Waals surface area contributed by atoms with Crippen LogP contribution in [0.3, 0.4) is 0 Å². The van der Waals surface area contributed by atoms with Crippen LogP contribution in [0.2, 0.25) is 0 Å². The Morgan fingerprint density at radius 1 is 0.962 bits per heavy atom. The highest BCUT2D eigenvalue weighted by molar-refractivity contribution is 7.92. The molecule has 0 aliphatic rings. The van der Waals surface area contributed by atoms with E-state index in [1.807, 2.05) is 0 Å². The normalized spacial score (nSPS) is 11.1. The summed E-state index contributed by atoms with van der Waals surface area (Å²) in [5.74, 6) is 0. The first-order valence-electron chi connectivity index (χ1n) is 7.48. The molecule has 4 aromatic rings. The lowest BCUT2D eigenvalue weighted by molar-refractivity contribution is 0.601. The smallest absolute Gasteiger partial charge is 0.261 e. The minimum atomic E-state index is -3.68. The molecule has 0 spiro atoms. The van der Waals surface area contributed by atoms with Crippen molar-refractivity contribution < 1.29 is 12.8 Å². The zero-order valence-electron chi connectivity index (χ0n) is 13.4. The summed E-state index contributed by atoms with van der Waals surface area (Å²) in [4.78, 5) is 8.23. The minimum absolute atomic E-state index is 0. The zero-order valence-corrected chi connectivity index (χ0v) is 15.0. The van der Waals surface area contributed by atoms with Crippen LogP contribution in [-0.2, 0) is 10.0 Å². The van der Waals surface area contributed by atoms with Gasteiger partial charge >= 0.3 is 0 Å². The molecule has 0 aliphatic heterocycles. The van der Waals surface area contributed by atoms with Crippen LogP contribution in [-0.4, -0.2) is 18.4 Å². The molecule has 0 atom stereocenters. The van der Waals surface area contributed by atoms with Crippen molar-refractivity contribution in [2.75, 3.05) is 4.72 Å². The van der Waals surface area contributed by atoms with Crippen LogP contribution in [0.25, 0.3) is 22.1 Å². The van der Waals surface area contributed by atoms with Gasteiger partial charge in [-0.25, -0.2) is 18.4 Å². The molecule has 0 saturated carbocycles. The van der Waals surface area contributed by atoms with Crippen molar-refractivity contribution in [3.63, 3.8) is 0 Å². The summed E-state index contributed by atoms with van der Waals surface area (Å²) in [6.45, 7) is 0. The van der Waals surface area contributed by atoms with Gasteiger partial charge in [0.1, 0.15) is 11.9 Å². The Hall–Kier alpha value is -2.90. The number of rotatable bonds is 4. The van der Waals surface area contributed by atoms with Gasteiger partial charge in [0.05, 0.1) is 16.8 Å². The lowest BCUT2D eigenvalue weighted by Crippen LogP contribution is -2.12. The van der Waals surface area contributed by atoms with Crippen LogP contribution in [0, 0.1) is 0 Å². The summed E-state index contributed by atoms with van der Waals surface area (Å²) in [5, 5.41) is 0.784. The third-order valence-corrected chi connectivity index (χ3v) is 5.13. The van der Waals surface area contributed by atoms with Gasteiger partial charge < -0.3 is 4.42 Å². The van der Waals surface area contributed by atoms with Crippen molar-refractivity contribution in [2.24, 2.45) is 0 Å². The Morgan fingerprint density at radius 2 is 1.69 bits per heavy atom. The van der Waals surface area contributed by atoms with Crippen LogP contribution >= 0.6 is 12.4 Å². The van der Waals surface area contributed by atoms with Crippen molar-refractivity contribution in [1.82, 2.24) is 9.97 Å². The second-order valence-corrected chi connectivity index (χ2v) is 7.09. The second-order valence-electron chi connectivity index (χ2n) is 5.41. The molecule has 0 fully saturated rings. The number of nitrogens with zero attached hydrogens (tertiary/aromatic N) is 2. The summed E-state index contributed by atoms with van der Waals surface area (Å²) >= 11 is 0. The van der Waals surface area contributed by atoms with E-state index in [-0.39, 0.29) is 17.3 Å². The molecule has 1 N–H and O–H groups in total. The fourth-order valence-electron chi connectivity index (χ4n) is 2.61. The molecule has 26 heavy (non-hydrogen) atoms. The highest BCUT2D eigenvalue weighted by Crippen LogP contribution is 2.33. The summed E-state index contributed by atoms with van der Waals surface area (Å²) in [7, 11) is -3.68. The van der Waals surface area contributed by atoms with Crippen molar-refractivity contribution in [1.29, 1.82) is 0 Å². The minimum Gasteiger partial charge on any atom is -0.464 e. The highest BCUT2D eigenvalue weighted by atomic mass is 35.5. The Balaban J connectivity index is 0.00000196. The van der Waals surface area contributed by atoms with Gasteiger partial charge in [0, 0.05) is 28.9 Å². The molecule has 0 aliphatic carbocycles. The average molecular weight is 388 g/mol. The third kappa shape index (κ3) is 3.40. The first kappa shape index (κ1) is 17.9. The molecule has 0 unspecified atom stereocenters. The van der Waals surface area contributed by atoms with Crippen LogP contribution < -0.4 is 4.72 Å². The average Bonchev–Trinajstić information content (AvgIpc) is 3.11. The molecular weight excluding hydrogens is 374 g/mol. The Kier molecular flexibility index (Phi) is 4.92. The van der Waals surface area contributed by atoms with E-state index in [0.29, 0.717) is 16.8 Å². The fraction of sp³-hybridized carbons (Fsp3) is 0. The summed E-state index contributed by atoms with van der Waals surface area (Å²) in [6.07, 6.45) is 6.30. The van der Waals surface area contributed by atoms with Crippen LogP contribution in [0.1, 0.15) is 0 Å². The molecule has 2 aromatic heterocycles. The van der Waals surface area contributed by atoms with Crippen molar-refractivity contribution in [3.8, 4) is 11.1 Å². The van der Waals surface area contributed by atoms with Gasteiger partial charge in [0.2, 0.25) is 0 Å². The highest BCUT2D eigenvalue weighted by Gasteiger charge is 2.16. The van der Waals surface area contributed by atoms with Crippen molar-refractivity contribution in [2.45, 2.75) is 4.90 Å². The molecule has 132 valence electrons. The Morgan fingerprint density at radius 3 is 2.42 bits per heavy atom. The van der Waals surface area contributed by atoms with Crippen molar-refractivity contribution in [3.05, 3.63) is 73.5 Å². The van der Waals surface area contributed by atoms with E-state index in [1.165, 1.54) is 6.33 Å². The van der Waals surface area contributed by atoms with Crippen LogP contribution in [0.4, 0.5) is 5.69 Å². The first-order chi connectivity index (χ1) is 12.1. The predicted octanol–water partition coefficient (Wildman–Crippen LogP) is 4.11. The Bertz CT molecular complexity index is 1130. The number of fused-ring (bicyclic) bond motifs is 1. The van der Waals surface area contributed by atoms with Crippen molar-refractivity contribution >= 4 is 39.1 Å². The number of aromatic nitrogens is 2. The van der Waals surface area contributed by atoms with Gasteiger partial charge in [-0.05, 0) is 30.3 Å². The Labute approximate surface area is 156 Å². The molecule has 4 rings (SSSR count). The monoisotopic (exact) mass is 387 g/mol. The fourth-order valence-corrected chi connectivity index (χ4v) is 3.67. The third-order valence-electron chi connectivity index (χ3n) is 3.73. The van der Waals surface area contributed by atoms with Crippen LogP contribution in [0.5, 0.6) is 0 Å². The standard InChI is InChI=1S/C18H13N3O3S.ClH/c22-25(23,16-4-2-1-3-5-16)21-15-8-13-6-7-24-18(13)17(9-15)14-10-19-12-20-11-14;/h1-12,21H;1H. The topological polar surface area (TPSA) is 85.1 Å². The SMILES string of the molecule is Cl.O=S(=O)(Nc1cc(-c2cncnc2)c2occc2c1)c1ccccc1. The molecule has 2 heterocycles. The van der Waals surface area contributed by atoms with E-state index >= 15 is 0 Å². The molecule has 2 aromatic carbocycles. The number of halogens is 1. The lowest BCUT2D eigenvalue weighted by Gasteiger charge is -2.10. The largest absolute Gasteiger partial charge is 0.464 e. The molecule has 6 nitrogen and oxygen atoms in total. The lowest BCUT2D eigenvalue weighted by atomic mass is 10.1. The first-order valence-corrected chi connectivity index (χ1v) is 8.96. The van der Waals surface area contributed by atoms with Crippen LogP contribution in [0.15, 0.2) is 82.8 Å². The summed E-state index contributed by atoms with van der Waals surface area (Å²) in [6, 6.07) is 13.4. The van der Waals surface area contributed by atoms with Gasteiger partial charge in [-0.3, -0.25) is 4.72 Å². The second kappa shape index (κ2) is 7.15. The number of hydrogen-bond acceptors (Lipinski definition) is 5.